The Bertz CT molecular complexity index is 356. The lowest BCUT2D eigenvalue weighted by molar-refractivity contribution is 0.351. The summed E-state index contributed by atoms with van der Waals surface area (Å²) in [5.41, 5.74) is 1.42. The first kappa shape index (κ1) is 13.6. The molecule has 0 bridgehead atoms. The summed E-state index contributed by atoms with van der Waals surface area (Å²) in [6.07, 6.45) is 8.77. The van der Waals surface area contributed by atoms with Gasteiger partial charge in [-0.2, -0.15) is 5.10 Å². The predicted molar refractivity (Wildman–Crippen MR) is 75.7 cm³/mol. The first-order valence-electron chi connectivity index (χ1n) is 7.39. The number of hydrogen-bond donors (Lipinski definition) is 1. The van der Waals surface area contributed by atoms with E-state index >= 15 is 0 Å². The van der Waals surface area contributed by atoms with Gasteiger partial charge in [-0.05, 0) is 31.4 Å². The summed E-state index contributed by atoms with van der Waals surface area (Å²) in [5, 5.41) is 7.97. The van der Waals surface area contributed by atoms with Gasteiger partial charge in [0.05, 0.1) is 0 Å². The number of hydrogen-bond acceptors (Lipinski definition) is 2. The Morgan fingerprint density at radius 3 is 2.78 bits per heavy atom. The number of aryl methyl sites for hydroxylation is 1. The van der Waals surface area contributed by atoms with E-state index in [-0.39, 0.29) is 0 Å². The maximum absolute atomic E-state index is 4.35. The smallest absolute Gasteiger partial charge is 0.0492 e. The third-order valence-corrected chi connectivity index (χ3v) is 4.19. The summed E-state index contributed by atoms with van der Waals surface area (Å²) in [7, 11) is 2.08. The second kappa shape index (κ2) is 6.37. The molecule has 0 amide bonds. The standard InChI is InChI=1S/C15H27N3/c1-12(2)16-11-13-7-5-4-6-8-14(13)15-9-10-17-18(15)3/h9-10,12-14,16H,4-8,11H2,1-3H3. The zero-order chi connectivity index (χ0) is 13.0. The number of nitrogens with one attached hydrogen (secondary N) is 1. The van der Waals surface area contributed by atoms with Gasteiger partial charge in [-0.25, -0.2) is 0 Å². The van der Waals surface area contributed by atoms with Crippen LogP contribution in [0.4, 0.5) is 0 Å². The molecule has 1 fully saturated rings. The average molecular weight is 249 g/mol. The lowest BCUT2D eigenvalue weighted by Gasteiger charge is -2.26. The van der Waals surface area contributed by atoms with Crippen molar-refractivity contribution in [3.63, 3.8) is 0 Å². The van der Waals surface area contributed by atoms with Crippen LogP contribution in [0.2, 0.25) is 0 Å². The topological polar surface area (TPSA) is 29.9 Å². The van der Waals surface area contributed by atoms with Gasteiger partial charge < -0.3 is 5.32 Å². The maximum atomic E-state index is 4.35. The molecule has 18 heavy (non-hydrogen) atoms. The molecule has 0 radical (unpaired) electrons. The normalized spacial score (nSPS) is 25.3. The van der Waals surface area contributed by atoms with Gasteiger partial charge in [0.2, 0.25) is 0 Å². The summed E-state index contributed by atoms with van der Waals surface area (Å²) in [4.78, 5) is 0. The number of aromatic nitrogens is 2. The van der Waals surface area contributed by atoms with E-state index < -0.39 is 0 Å². The van der Waals surface area contributed by atoms with Crippen LogP contribution < -0.4 is 5.32 Å². The first-order chi connectivity index (χ1) is 8.68. The van der Waals surface area contributed by atoms with Crippen molar-refractivity contribution < 1.29 is 0 Å². The summed E-state index contributed by atoms with van der Waals surface area (Å²) in [6, 6.07) is 2.79. The van der Waals surface area contributed by atoms with Gasteiger partial charge in [0, 0.05) is 30.9 Å². The Balaban J connectivity index is 2.09. The van der Waals surface area contributed by atoms with Crippen molar-refractivity contribution in [1.82, 2.24) is 15.1 Å². The van der Waals surface area contributed by atoms with E-state index in [1.807, 2.05) is 6.20 Å². The van der Waals surface area contributed by atoms with E-state index in [1.165, 1.54) is 37.8 Å². The number of nitrogens with zero attached hydrogens (tertiary/aromatic N) is 2. The first-order valence-corrected chi connectivity index (χ1v) is 7.39. The SMILES string of the molecule is CC(C)NCC1CCCCCC1c1ccnn1C. The van der Waals surface area contributed by atoms with Crippen LogP contribution in [0.15, 0.2) is 12.3 Å². The summed E-state index contributed by atoms with van der Waals surface area (Å²) in [5.74, 6) is 1.46. The highest BCUT2D eigenvalue weighted by atomic mass is 15.3. The van der Waals surface area contributed by atoms with Crippen LogP contribution in [0.3, 0.4) is 0 Å². The van der Waals surface area contributed by atoms with Crippen molar-refractivity contribution in [1.29, 1.82) is 0 Å². The van der Waals surface area contributed by atoms with Crippen molar-refractivity contribution in [2.75, 3.05) is 6.54 Å². The van der Waals surface area contributed by atoms with E-state index in [0.29, 0.717) is 12.0 Å². The minimum absolute atomic E-state index is 0.584. The van der Waals surface area contributed by atoms with Crippen LogP contribution >= 0.6 is 0 Å². The molecule has 2 atom stereocenters. The lowest BCUT2D eigenvalue weighted by Crippen LogP contribution is -2.32. The van der Waals surface area contributed by atoms with E-state index in [9.17, 15) is 0 Å². The van der Waals surface area contributed by atoms with Gasteiger partial charge in [-0.3, -0.25) is 4.68 Å². The van der Waals surface area contributed by atoms with Crippen LogP contribution in [0, 0.1) is 5.92 Å². The van der Waals surface area contributed by atoms with Crippen molar-refractivity contribution in [3.05, 3.63) is 18.0 Å². The van der Waals surface area contributed by atoms with Crippen LogP contribution in [-0.2, 0) is 7.05 Å². The highest BCUT2D eigenvalue weighted by molar-refractivity contribution is 5.10. The molecule has 0 saturated heterocycles. The van der Waals surface area contributed by atoms with Gasteiger partial charge in [0.15, 0.2) is 0 Å². The molecule has 2 unspecified atom stereocenters. The Labute approximate surface area is 111 Å². The molecule has 1 saturated carbocycles. The predicted octanol–water partition coefficient (Wildman–Crippen LogP) is 3.08. The minimum atomic E-state index is 0.584. The van der Waals surface area contributed by atoms with Crippen LogP contribution in [0.1, 0.15) is 57.6 Å². The Kier molecular flexibility index (Phi) is 4.81. The highest BCUT2D eigenvalue weighted by Crippen LogP contribution is 2.35. The molecule has 0 spiro atoms. The zero-order valence-corrected chi connectivity index (χ0v) is 12.0. The fraction of sp³-hybridized carbons (Fsp3) is 0.800. The fourth-order valence-electron chi connectivity index (χ4n) is 3.15. The van der Waals surface area contributed by atoms with Gasteiger partial charge in [0.1, 0.15) is 0 Å². The third kappa shape index (κ3) is 3.35. The third-order valence-electron chi connectivity index (χ3n) is 4.19. The van der Waals surface area contributed by atoms with Crippen molar-refractivity contribution in [2.24, 2.45) is 13.0 Å². The second-order valence-electron chi connectivity index (χ2n) is 5.95. The van der Waals surface area contributed by atoms with E-state index in [4.69, 9.17) is 0 Å². The average Bonchev–Trinajstić information content (AvgIpc) is 2.63. The number of rotatable bonds is 4. The van der Waals surface area contributed by atoms with Crippen LogP contribution in [0.5, 0.6) is 0 Å². The Morgan fingerprint density at radius 2 is 2.11 bits per heavy atom. The molecule has 3 nitrogen and oxygen atoms in total. The minimum Gasteiger partial charge on any atom is -0.314 e. The van der Waals surface area contributed by atoms with E-state index in [2.05, 4.69) is 42.1 Å². The highest BCUT2D eigenvalue weighted by Gasteiger charge is 2.26. The molecule has 0 aliphatic heterocycles. The quantitative estimate of drug-likeness (QED) is 0.831. The van der Waals surface area contributed by atoms with Gasteiger partial charge >= 0.3 is 0 Å². The van der Waals surface area contributed by atoms with Gasteiger partial charge in [-0.1, -0.05) is 33.1 Å². The van der Waals surface area contributed by atoms with Gasteiger partial charge in [0.25, 0.3) is 0 Å². The molecule has 102 valence electrons. The lowest BCUT2D eigenvalue weighted by atomic mass is 9.85. The molecule has 2 rings (SSSR count). The Morgan fingerprint density at radius 1 is 1.33 bits per heavy atom. The molecule has 1 aromatic rings. The van der Waals surface area contributed by atoms with Crippen molar-refractivity contribution in [2.45, 2.75) is 57.9 Å². The van der Waals surface area contributed by atoms with Crippen LogP contribution in [-0.4, -0.2) is 22.4 Å². The molecule has 1 aliphatic carbocycles. The van der Waals surface area contributed by atoms with Crippen molar-refractivity contribution in [3.8, 4) is 0 Å². The molecule has 1 aliphatic rings. The fourth-order valence-corrected chi connectivity index (χ4v) is 3.15. The molecule has 3 heteroatoms. The van der Waals surface area contributed by atoms with Gasteiger partial charge in [-0.15, -0.1) is 0 Å². The summed E-state index contributed by atoms with van der Waals surface area (Å²) >= 11 is 0. The van der Waals surface area contributed by atoms with E-state index in [0.717, 1.165) is 12.5 Å². The maximum Gasteiger partial charge on any atom is 0.0492 e. The van der Waals surface area contributed by atoms with Crippen molar-refractivity contribution >= 4 is 0 Å². The largest absolute Gasteiger partial charge is 0.314 e. The molecule has 1 N–H and O–H groups in total. The van der Waals surface area contributed by atoms with E-state index in [1.54, 1.807) is 0 Å². The summed E-state index contributed by atoms with van der Waals surface area (Å²) in [6.45, 7) is 5.61. The summed E-state index contributed by atoms with van der Waals surface area (Å²) < 4.78 is 2.07. The molecular formula is C15H27N3. The second-order valence-corrected chi connectivity index (χ2v) is 5.95. The zero-order valence-electron chi connectivity index (χ0n) is 12.0. The molecule has 1 heterocycles. The Hall–Kier alpha value is -0.830. The molecule has 1 aromatic heterocycles. The molecule has 0 aromatic carbocycles. The monoisotopic (exact) mass is 249 g/mol. The van der Waals surface area contributed by atoms with Crippen LogP contribution in [0.25, 0.3) is 0 Å². The molecular weight excluding hydrogens is 222 g/mol.